The zero-order chi connectivity index (χ0) is 35.6. The monoisotopic (exact) mass is 705 g/mol. The lowest BCUT2D eigenvalue weighted by Crippen LogP contribution is -2.41. The molecule has 9 heteroatoms. The maximum atomic E-state index is 13.1. The molecule has 1 aromatic heterocycles. The number of piperidine rings is 1. The van der Waals surface area contributed by atoms with Crippen LogP contribution in [-0.4, -0.2) is 41.5 Å². The van der Waals surface area contributed by atoms with E-state index in [-0.39, 0.29) is 17.8 Å². The molecule has 7 nitrogen and oxygen atoms in total. The normalized spacial score (nSPS) is 13.3. The topological polar surface area (TPSA) is 72.9 Å². The molecule has 1 amide bonds. The van der Waals surface area contributed by atoms with Crippen LogP contribution in [0.1, 0.15) is 40.7 Å². The second-order valence-corrected chi connectivity index (χ2v) is 13.1. The molecule has 1 saturated heterocycles. The van der Waals surface area contributed by atoms with Crippen molar-refractivity contribution in [2.75, 3.05) is 25.0 Å². The molecule has 1 aliphatic heterocycles. The number of anilines is 1. The van der Waals surface area contributed by atoms with E-state index in [1.165, 1.54) is 17.7 Å². The van der Waals surface area contributed by atoms with Crippen LogP contribution in [0, 0.1) is 19.7 Å². The highest BCUT2D eigenvalue weighted by Gasteiger charge is 2.21. The molecule has 6 rings (SSSR count). The first kappa shape index (κ1) is 35.5. The molecule has 262 valence electrons. The molecule has 5 aromatic rings. The van der Waals surface area contributed by atoms with Crippen LogP contribution in [0.4, 0.5) is 10.1 Å². The van der Waals surface area contributed by atoms with Gasteiger partial charge in [-0.2, -0.15) is 0 Å². The van der Waals surface area contributed by atoms with Gasteiger partial charge in [0.2, 0.25) is 11.8 Å². The summed E-state index contributed by atoms with van der Waals surface area (Å²) in [5, 5.41) is 4.04. The second-order valence-electron chi connectivity index (χ2n) is 12.7. The summed E-state index contributed by atoms with van der Waals surface area (Å²) >= 11 is 6.62. The van der Waals surface area contributed by atoms with Crippen molar-refractivity contribution in [2.24, 2.45) is 0 Å². The summed E-state index contributed by atoms with van der Waals surface area (Å²) in [6.45, 7) is 6.29. The Morgan fingerprint density at radius 3 is 2.29 bits per heavy atom. The summed E-state index contributed by atoms with van der Waals surface area (Å²) in [6.07, 6.45) is 7.50. The van der Waals surface area contributed by atoms with E-state index < -0.39 is 0 Å². The SMILES string of the molecule is Cc1ccc(COc2ccc(Oc3c(C)cc(/C=C/C(=O)N4CCC(Nc5ccc(CCOc6ccc(F)cc6)cc5)CC4)cc3Cl)nc2)cc1. The van der Waals surface area contributed by atoms with Crippen molar-refractivity contribution in [3.8, 4) is 23.1 Å². The van der Waals surface area contributed by atoms with E-state index in [2.05, 4.69) is 53.6 Å². The Morgan fingerprint density at radius 1 is 0.902 bits per heavy atom. The molecule has 1 N–H and O–H groups in total. The third-order valence-electron chi connectivity index (χ3n) is 8.72. The van der Waals surface area contributed by atoms with Gasteiger partial charge >= 0.3 is 0 Å². The van der Waals surface area contributed by atoms with Gasteiger partial charge in [0.1, 0.15) is 23.9 Å². The van der Waals surface area contributed by atoms with Gasteiger partial charge in [-0.25, -0.2) is 9.37 Å². The van der Waals surface area contributed by atoms with Gasteiger partial charge in [0, 0.05) is 43.4 Å². The van der Waals surface area contributed by atoms with Crippen molar-refractivity contribution < 1.29 is 23.4 Å². The lowest BCUT2D eigenvalue weighted by atomic mass is 10.0. The van der Waals surface area contributed by atoms with E-state index in [0.717, 1.165) is 47.2 Å². The smallest absolute Gasteiger partial charge is 0.246 e. The molecule has 4 aromatic carbocycles. The number of nitrogens with zero attached hydrogens (tertiary/aromatic N) is 2. The quantitative estimate of drug-likeness (QED) is 0.123. The number of likely N-dealkylation sites (tertiary alicyclic amines) is 1. The van der Waals surface area contributed by atoms with Crippen LogP contribution in [0.3, 0.4) is 0 Å². The first-order valence-electron chi connectivity index (χ1n) is 17.1. The van der Waals surface area contributed by atoms with E-state index in [9.17, 15) is 9.18 Å². The van der Waals surface area contributed by atoms with E-state index >= 15 is 0 Å². The number of halogens is 2. The summed E-state index contributed by atoms with van der Waals surface area (Å²) in [7, 11) is 0. The third kappa shape index (κ3) is 10.3. The summed E-state index contributed by atoms with van der Waals surface area (Å²) in [5.41, 5.74) is 6.15. The minimum atomic E-state index is -0.275. The van der Waals surface area contributed by atoms with Crippen molar-refractivity contribution in [3.05, 3.63) is 148 Å². The fourth-order valence-corrected chi connectivity index (χ4v) is 6.10. The average Bonchev–Trinajstić information content (AvgIpc) is 3.14. The number of pyridine rings is 1. The maximum Gasteiger partial charge on any atom is 0.246 e. The molecule has 51 heavy (non-hydrogen) atoms. The molecule has 1 aliphatic rings. The molecular formula is C42H41ClFN3O4. The number of rotatable bonds is 13. The van der Waals surface area contributed by atoms with E-state index in [0.29, 0.717) is 54.5 Å². The van der Waals surface area contributed by atoms with Crippen LogP contribution in [-0.2, 0) is 17.8 Å². The summed E-state index contributed by atoms with van der Waals surface area (Å²) < 4.78 is 30.6. The number of hydrogen-bond donors (Lipinski definition) is 1. The Kier molecular flexibility index (Phi) is 11.9. The summed E-state index contributed by atoms with van der Waals surface area (Å²) in [6, 6.07) is 30.2. The largest absolute Gasteiger partial charge is 0.493 e. The van der Waals surface area contributed by atoms with Gasteiger partial charge in [-0.1, -0.05) is 53.6 Å². The standard InChI is InChI=1S/C42H41ClFN3O4/c1-29-3-5-32(6-4-29)28-50-38-16-17-40(45-27-38)51-42-30(2)25-33(26-39(42)43)9-18-41(48)47-22-19-36(20-23-47)46-35-12-7-31(8-13-35)21-24-49-37-14-10-34(44)11-15-37/h3-18,25-27,36,46H,19-24,28H2,1-2H3/b18-9+. The van der Waals surface area contributed by atoms with E-state index in [1.807, 2.05) is 36.1 Å². The zero-order valence-corrected chi connectivity index (χ0v) is 29.5. The molecule has 0 saturated carbocycles. The Bertz CT molecular complexity index is 1900. The number of nitrogens with one attached hydrogen (secondary N) is 1. The van der Waals surface area contributed by atoms with Crippen LogP contribution in [0.5, 0.6) is 23.1 Å². The molecule has 0 aliphatic carbocycles. The van der Waals surface area contributed by atoms with Crippen molar-refractivity contribution in [2.45, 2.75) is 45.8 Å². The van der Waals surface area contributed by atoms with Crippen molar-refractivity contribution in [1.29, 1.82) is 0 Å². The molecule has 0 radical (unpaired) electrons. The number of ether oxygens (including phenoxy) is 3. The molecule has 2 heterocycles. The number of carbonyl (C=O) groups excluding carboxylic acids is 1. The number of carbonyl (C=O) groups is 1. The van der Waals surface area contributed by atoms with Crippen molar-refractivity contribution in [3.63, 3.8) is 0 Å². The number of hydrogen-bond acceptors (Lipinski definition) is 6. The summed E-state index contributed by atoms with van der Waals surface area (Å²) in [4.78, 5) is 19.3. The van der Waals surface area contributed by atoms with Gasteiger partial charge in [-0.05, 0) is 110 Å². The highest BCUT2D eigenvalue weighted by atomic mass is 35.5. The fraction of sp³-hybridized carbons (Fsp3) is 0.238. The number of aromatic nitrogens is 1. The molecule has 0 bridgehead atoms. The van der Waals surface area contributed by atoms with Crippen molar-refractivity contribution >= 4 is 29.3 Å². The molecule has 0 spiro atoms. The van der Waals surface area contributed by atoms with Gasteiger partial charge in [-0.15, -0.1) is 0 Å². The Morgan fingerprint density at radius 2 is 1.61 bits per heavy atom. The van der Waals surface area contributed by atoms with Crippen LogP contribution in [0.15, 0.2) is 109 Å². The average molecular weight is 706 g/mol. The van der Waals surface area contributed by atoms with Crippen LogP contribution >= 0.6 is 11.6 Å². The van der Waals surface area contributed by atoms with Gasteiger partial charge in [0.15, 0.2) is 5.75 Å². The number of benzene rings is 4. The Labute approximate surface area is 303 Å². The number of aryl methyl sites for hydroxylation is 2. The highest BCUT2D eigenvalue weighted by molar-refractivity contribution is 6.32. The first-order valence-corrected chi connectivity index (χ1v) is 17.5. The predicted octanol–water partition coefficient (Wildman–Crippen LogP) is 9.60. The minimum Gasteiger partial charge on any atom is -0.493 e. The van der Waals surface area contributed by atoms with E-state index in [1.54, 1.807) is 42.6 Å². The summed E-state index contributed by atoms with van der Waals surface area (Å²) in [5.74, 6) is 1.92. The highest BCUT2D eigenvalue weighted by Crippen LogP contribution is 2.34. The molecular weight excluding hydrogens is 665 g/mol. The minimum absolute atomic E-state index is 0.0244. The predicted molar refractivity (Wildman–Crippen MR) is 200 cm³/mol. The lowest BCUT2D eigenvalue weighted by molar-refractivity contribution is -0.126. The maximum absolute atomic E-state index is 13.1. The van der Waals surface area contributed by atoms with Crippen LogP contribution in [0.25, 0.3) is 6.08 Å². The molecule has 0 unspecified atom stereocenters. The van der Waals surface area contributed by atoms with Gasteiger partial charge < -0.3 is 24.4 Å². The zero-order valence-electron chi connectivity index (χ0n) is 28.8. The lowest BCUT2D eigenvalue weighted by Gasteiger charge is -2.32. The second kappa shape index (κ2) is 17.1. The Hall–Kier alpha value is -5.34. The fourth-order valence-electron chi connectivity index (χ4n) is 5.79. The van der Waals surface area contributed by atoms with Crippen LogP contribution < -0.4 is 19.5 Å². The third-order valence-corrected chi connectivity index (χ3v) is 9.00. The molecule has 0 atom stereocenters. The number of amides is 1. The van der Waals surface area contributed by atoms with E-state index in [4.69, 9.17) is 25.8 Å². The van der Waals surface area contributed by atoms with Gasteiger partial charge in [0.25, 0.3) is 0 Å². The van der Waals surface area contributed by atoms with Gasteiger partial charge in [-0.3, -0.25) is 4.79 Å². The molecule has 1 fully saturated rings. The van der Waals surface area contributed by atoms with Crippen molar-refractivity contribution in [1.82, 2.24) is 9.88 Å². The Balaban J connectivity index is 0.931. The van der Waals surface area contributed by atoms with Crippen LogP contribution in [0.2, 0.25) is 5.02 Å². The first-order chi connectivity index (χ1) is 24.8. The van der Waals surface area contributed by atoms with Gasteiger partial charge in [0.05, 0.1) is 17.8 Å².